The number of aliphatic imine (C=N–C) groups is 1. The normalized spacial score (nSPS) is 21.0. The Morgan fingerprint density at radius 1 is 1.32 bits per heavy atom. The van der Waals surface area contributed by atoms with Gasteiger partial charge in [-0.3, -0.25) is 4.99 Å². The summed E-state index contributed by atoms with van der Waals surface area (Å²) in [4.78, 5) is 6.92. The zero-order valence-electron chi connectivity index (χ0n) is 15.2. The smallest absolute Gasteiger partial charge is 0.191 e. The highest BCUT2D eigenvalue weighted by molar-refractivity contribution is 5.80. The van der Waals surface area contributed by atoms with Gasteiger partial charge >= 0.3 is 0 Å². The molecule has 1 aromatic rings. The highest BCUT2D eigenvalue weighted by atomic mass is 19.1. The van der Waals surface area contributed by atoms with Crippen LogP contribution in [0.3, 0.4) is 0 Å². The third-order valence-electron chi connectivity index (χ3n) is 4.85. The van der Waals surface area contributed by atoms with E-state index in [4.69, 9.17) is 4.74 Å². The number of guanidine groups is 1. The molecule has 1 saturated carbocycles. The number of ether oxygens (including phenoxy) is 1. The van der Waals surface area contributed by atoms with Gasteiger partial charge in [0.05, 0.1) is 6.54 Å². The first-order chi connectivity index (χ1) is 12.1. The second kappa shape index (κ2) is 8.52. The first kappa shape index (κ1) is 18.0. The van der Waals surface area contributed by atoms with E-state index in [1.807, 2.05) is 6.92 Å². The van der Waals surface area contributed by atoms with Crippen molar-refractivity contribution in [2.75, 3.05) is 26.7 Å². The van der Waals surface area contributed by atoms with Crippen LogP contribution in [0.5, 0.6) is 5.75 Å². The number of nitrogens with zero attached hydrogens (tertiary/aromatic N) is 2. The quantitative estimate of drug-likeness (QED) is 0.612. The summed E-state index contributed by atoms with van der Waals surface area (Å²) in [6, 6.07) is 7.56. The molecule has 1 aliphatic carbocycles. The number of piperidine rings is 1. The highest BCUT2D eigenvalue weighted by Gasteiger charge is 2.31. The molecule has 2 fully saturated rings. The SMILES string of the molecule is CN=C(NCC(C)Oc1cccc(F)c1)NC1CCN(C2CC2)CC1. The Kier molecular flexibility index (Phi) is 6.13. The lowest BCUT2D eigenvalue weighted by Gasteiger charge is -2.33. The van der Waals surface area contributed by atoms with E-state index in [-0.39, 0.29) is 11.9 Å². The Balaban J connectivity index is 1.38. The molecule has 0 spiro atoms. The lowest BCUT2D eigenvalue weighted by molar-refractivity contribution is 0.196. The molecule has 2 aliphatic rings. The minimum Gasteiger partial charge on any atom is -0.489 e. The van der Waals surface area contributed by atoms with Crippen LogP contribution in [0, 0.1) is 5.82 Å². The van der Waals surface area contributed by atoms with Gasteiger partial charge in [0, 0.05) is 38.3 Å². The first-order valence-electron chi connectivity index (χ1n) is 9.27. The number of nitrogens with one attached hydrogen (secondary N) is 2. The van der Waals surface area contributed by atoms with Crippen LogP contribution in [-0.2, 0) is 0 Å². The van der Waals surface area contributed by atoms with Gasteiger partial charge in [0.1, 0.15) is 17.7 Å². The van der Waals surface area contributed by atoms with Gasteiger partial charge < -0.3 is 20.3 Å². The van der Waals surface area contributed by atoms with Crippen molar-refractivity contribution < 1.29 is 9.13 Å². The molecule has 138 valence electrons. The zero-order chi connectivity index (χ0) is 17.6. The van der Waals surface area contributed by atoms with E-state index >= 15 is 0 Å². The van der Waals surface area contributed by atoms with Crippen LogP contribution in [0.4, 0.5) is 4.39 Å². The van der Waals surface area contributed by atoms with E-state index in [2.05, 4.69) is 20.5 Å². The molecule has 1 aromatic carbocycles. The molecule has 0 radical (unpaired) electrons. The van der Waals surface area contributed by atoms with E-state index < -0.39 is 0 Å². The third-order valence-corrected chi connectivity index (χ3v) is 4.85. The third kappa shape index (κ3) is 5.59. The van der Waals surface area contributed by atoms with Gasteiger partial charge in [-0.2, -0.15) is 0 Å². The van der Waals surface area contributed by atoms with Crippen molar-refractivity contribution in [2.24, 2.45) is 4.99 Å². The van der Waals surface area contributed by atoms with Crippen molar-refractivity contribution >= 4 is 5.96 Å². The standard InChI is InChI=1S/C19H29FN4O/c1-14(25-18-5-3-4-15(20)12-18)13-22-19(21-2)23-16-8-10-24(11-9-16)17-6-7-17/h3-5,12,14,16-17H,6-11,13H2,1-2H3,(H2,21,22,23). The molecule has 0 amide bonds. The van der Waals surface area contributed by atoms with E-state index in [0.29, 0.717) is 18.3 Å². The van der Waals surface area contributed by atoms with Crippen LogP contribution in [-0.4, -0.2) is 55.7 Å². The van der Waals surface area contributed by atoms with Gasteiger partial charge in [-0.25, -0.2) is 4.39 Å². The Morgan fingerprint density at radius 2 is 2.08 bits per heavy atom. The van der Waals surface area contributed by atoms with Crippen molar-refractivity contribution in [3.05, 3.63) is 30.1 Å². The highest BCUT2D eigenvalue weighted by Crippen LogP contribution is 2.29. The lowest BCUT2D eigenvalue weighted by Crippen LogP contribution is -2.50. The number of halogens is 1. The maximum Gasteiger partial charge on any atom is 0.191 e. The summed E-state index contributed by atoms with van der Waals surface area (Å²) in [5, 5.41) is 6.81. The molecule has 1 heterocycles. The van der Waals surface area contributed by atoms with E-state index in [9.17, 15) is 4.39 Å². The Hall–Kier alpha value is -1.82. The first-order valence-corrected chi connectivity index (χ1v) is 9.27. The summed E-state index contributed by atoms with van der Waals surface area (Å²) in [7, 11) is 1.78. The minimum absolute atomic E-state index is 0.0861. The monoisotopic (exact) mass is 348 g/mol. The fraction of sp³-hybridized carbons (Fsp3) is 0.632. The van der Waals surface area contributed by atoms with Crippen LogP contribution < -0.4 is 15.4 Å². The molecule has 25 heavy (non-hydrogen) atoms. The zero-order valence-corrected chi connectivity index (χ0v) is 15.2. The molecule has 3 rings (SSSR count). The molecule has 1 saturated heterocycles. The maximum atomic E-state index is 13.2. The summed E-state index contributed by atoms with van der Waals surface area (Å²) in [6.07, 6.45) is 4.99. The average molecular weight is 348 g/mol. The Morgan fingerprint density at radius 3 is 2.72 bits per heavy atom. The van der Waals surface area contributed by atoms with Crippen molar-refractivity contribution in [3.8, 4) is 5.75 Å². The van der Waals surface area contributed by atoms with Gasteiger partial charge in [-0.1, -0.05) is 6.07 Å². The molecule has 1 aliphatic heterocycles. The summed E-state index contributed by atoms with van der Waals surface area (Å²) < 4.78 is 18.9. The van der Waals surface area contributed by atoms with Crippen LogP contribution in [0.2, 0.25) is 0 Å². The molecule has 1 atom stereocenters. The second-order valence-electron chi connectivity index (χ2n) is 7.02. The molecule has 6 heteroatoms. The number of hydrogen-bond donors (Lipinski definition) is 2. The van der Waals surface area contributed by atoms with Crippen LogP contribution in [0.25, 0.3) is 0 Å². The average Bonchev–Trinajstić information content (AvgIpc) is 3.44. The van der Waals surface area contributed by atoms with Crippen molar-refractivity contribution in [1.82, 2.24) is 15.5 Å². The predicted molar refractivity (Wildman–Crippen MR) is 98.6 cm³/mol. The number of rotatable bonds is 6. The van der Waals surface area contributed by atoms with E-state index in [1.165, 1.54) is 38.1 Å². The maximum absolute atomic E-state index is 13.2. The van der Waals surface area contributed by atoms with Gasteiger partial charge in [-0.15, -0.1) is 0 Å². The Bertz CT molecular complexity index is 583. The molecule has 5 nitrogen and oxygen atoms in total. The minimum atomic E-state index is -0.285. The summed E-state index contributed by atoms with van der Waals surface area (Å²) in [5.41, 5.74) is 0. The van der Waals surface area contributed by atoms with Gasteiger partial charge in [0.2, 0.25) is 0 Å². The fourth-order valence-electron chi connectivity index (χ4n) is 3.29. The topological polar surface area (TPSA) is 48.9 Å². The molecular formula is C19H29FN4O. The number of benzene rings is 1. The lowest BCUT2D eigenvalue weighted by atomic mass is 10.1. The Labute approximate surface area is 149 Å². The summed E-state index contributed by atoms with van der Waals surface area (Å²) >= 11 is 0. The summed E-state index contributed by atoms with van der Waals surface area (Å²) in [6.45, 7) is 4.92. The largest absolute Gasteiger partial charge is 0.489 e. The molecular weight excluding hydrogens is 319 g/mol. The van der Waals surface area contributed by atoms with Crippen LogP contribution >= 0.6 is 0 Å². The van der Waals surface area contributed by atoms with Crippen molar-refractivity contribution in [2.45, 2.75) is 50.8 Å². The van der Waals surface area contributed by atoms with Crippen LogP contribution in [0.15, 0.2) is 29.3 Å². The van der Waals surface area contributed by atoms with Gasteiger partial charge in [0.15, 0.2) is 5.96 Å². The van der Waals surface area contributed by atoms with Crippen molar-refractivity contribution in [1.29, 1.82) is 0 Å². The number of likely N-dealkylation sites (tertiary alicyclic amines) is 1. The second-order valence-corrected chi connectivity index (χ2v) is 7.02. The fourth-order valence-corrected chi connectivity index (χ4v) is 3.29. The van der Waals surface area contributed by atoms with Crippen molar-refractivity contribution in [3.63, 3.8) is 0 Å². The van der Waals surface area contributed by atoms with Gasteiger partial charge in [-0.05, 0) is 44.7 Å². The van der Waals surface area contributed by atoms with E-state index in [0.717, 1.165) is 24.8 Å². The van der Waals surface area contributed by atoms with Gasteiger partial charge in [0.25, 0.3) is 0 Å². The van der Waals surface area contributed by atoms with Crippen LogP contribution in [0.1, 0.15) is 32.6 Å². The summed E-state index contributed by atoms with van der Waals surface area (Å²) in [5.74, 6) is 1.07. The molecule has 1 unspecified atom stereocenters. The van der Waals surface area contributed by atoms with E-state index in [1.54, 1.807) is 19.2 Å². The molecule has 2 N–H and O–H groups in total. The predicted octanol–water partition coefficient (Wildman–Crippen LogP) is 2.38. The molecule has 0 aromatic heterocycles. The molecule has 0 bridgehead atoms. The number of hydrogen-bond acceptors (Lipinski definition) is 3.